The van der Waals surface area contributed by atoms with E-state index < -0.39 is 49.5 Å². The number of esters is 1. The van der Waals surface area contributed by atoms with Gasteiger partial charge in [-0.3, -0.25) is 0 Å². The molecule has 0 saturated carbocycles. The first-order valence-corrected chi connectivity index (χ1v) is 11.3. The number of carboxylic acids is 1. The third kappa shape index (κ3) is 2.80. The zero-order valence-electron chi connectivity index (χ0n) is 16.0. The van der Waals surface area contributed by atoms with E-state index in [9.17, 15) is 24.9 Å². The van der Waals surface area contributed by atoms with E-state index in [0.29, 0.717) is 0 Å². The lowest BCUT2D eigenvalue weighted by Gasteiger charge is -2.38. The normalized spacial score (nSPS) is 17.6. The van der Waals surface area contributed by atoms with Crippen molar-refractivity contribution in [2.75, 3.05) is 0 Å². The smallest absolute Gasteiger partial charge is 0.341 e. The molecule has 174 valence electrons. The highest BCUT2D eigenvalue weighted by Crippen LogP contribution is 2.64. The summed E-state index contributed by atoms with van der Waals surface area (Å²) in [4.78, 5) is 25.3. The van der Waals surface area contributed by atoms with Crippen molar-refractivity contribution in [3.63, 3.8) is 0 Å². The first kappa shape index (κ1) is 23.5. The number of carbonyl (C=O) groups is 2. The van der Waals surface area contributed by atoms with E-state index in [1.807, 2.05) is 0 Å². The summed E-state index contributed by atoms with van der Waals surface area (Å²) in [7, 11) is 0. The van der Waals surface area contributed by atoms with E-state index in [2.05, 4.69) is 0 Å². The molecule has 3 aromatic rings. The van der Waals surface area contributed by atoms with Crippen molar-refractivity contribution in [3.05, 3.63) is 76.2 Å². The molecule has 34 heavy (non-hydrogen) atoms. The van der Waals surface area contributed by atoms with Gasteiger partial charge in [0, 0.05) is 17.2 Å². The maximum absolute atomic E-state index is 13.2. The van der Waals surface area contributed by atoms with Crippen LogP contribution in [0.15, 0.2) is 18.2 Å². The average molecular weight is 583 g/mol. The minimum Gasteiger partial charge on any atom is -0.508 e. The van der Waals surface area contributed by atoms with E-state index in [4.69, 9.17) is 79.1 Å². The maximum atomic E-state index is 13.2. The first-order chi connectivity index (χ1) is 15.9. The average Bonchev–Trinajstić information content (AvgIpc) is 3.06. The van der Waals surface area contributed by atoms with Gasteiger partial charge in [-0.1, -0.05) is 69.6 Å². The number of carbonyl (C=O) groups excluding carboxylic acids is 1. The lowest BCUT2D eigenvalue weighted by molar-refractivity contribution is 0.0222. The summed E-state index contributed by atoms with van der Waals surface area (Å²) >= 11 is 38.0. The molecule has 0 bridgehead atoms. The van der Waals surface area contributed by atoms with Crippen molar-refractivity contribution in [1.29, 1.82) is 0 Å². The molecule has 1 spiro atoms. The third-order valence-corrected chi connectivity index (χ3v) is 8.02. The number of fused-ring (bicyclic) bond motifs is 6. The van der Waals surface area contributed by atoms with Gasteiger partial charge in [0.1, 0.15) is 21.5 Å². The number of hydrogen-bond acceptors (Lipinski definition) is 6. The van der Waals surface area contributed by atoms with Crippen molar-refractivity contribution >= 4 is 81.5 Å². The zero-order chi connectivity index (χ0) is 24.9. The van der Waals surface area contributed by atoms with E-state index in [1.165, 1.54) is 18.2 Å². The Bertz CT molecular complexity index is 1500. The van der Waals surface area contributed by atoms with Crippen LogP contribution in [-0.2, 0) is 10.3 Å². The van der Waals surface area contributed by atoms with Crippen LogP contribution < -0.4 is 4.74 Å². The number of hydrogen-bond donors (Lipinski definition) is 3. The molecular weight excluding hydrogens is 577 g/mol. The maximum Gasteiger partial charge on any atom is 0.341 e. The Kier molecular flexibility index (Phi) is 5.26. The highest BCUT2D eigenvalue weighted by Gasteiger charge is 2.59. The SMILES string of the molecule is O=C(O)c1c(Cl)c(Cl)c(Cl)c2c1C(=O)OC21c2ccc(O)cc2Oc2c(Cl)c(O)c(Cl)c(Cl)c21. The first-order valence-electron chi connectivity index (χ1n) is 9.02. The summed E-state index contributed by atoms with van der Waals surface area (Å²) in [6.45, 7) is 0. The molecule has 3 N–H and O–H groups in total. The predicted molar refractivity (Wildman–Crippen MR) is 125 cm³/mol. The number of halogens is 6. The molecule has 7 nitrogen and oxygen atoms in total. The van der Waals surface area contributed by atoms with Crippen LogP contribution in [0.3, 0.4) is 0 Å². The standard InChI is InChI=1S/C21H6Cl6O7/c22-11-8(19(30)31)7-9(12(23)14(11)25)21(34-20(7)32)5-2-1-4(28)3-6(5)33-18-10(21)13(24)15(26)17(29)16(18)27/h1-3,28-29H,(H,30,31). The fourth-order valence-electron chi connectivity index (χ4n) is 4.17. The number of phenolic OH excluding ortho intramolecular Hbond substituents is 2. The fraction of sp³-hybridized carbons (Fsp3) is 0.0476. The number of phenols is 2. The second kappa shape index (κ2) is 7.62. The lowest BCUT2D eigenvalue weighted by Crippen LogP contribution is -2.34. The Labute approximate surface area is 219 Å². The molecule has 2 aliphatic rings. The summed E-state index contributed by atoms with van der Waals surface area (Å²) in [6.07, 6.45) is 0. The number of rotatable bonds is 1. The van der Waals surface area contributed by atoms with Crippen LogP contribution in [0.4, 0.5) is 0 Å². The number of ether oxygens (including phenoxy) is 2. The Hall–Kier alpha value is -2.26. The van der Waals surface area contributed by atoms with Crippen LogP contribution in [0.1, 0.15) is 37.4 Å². The molecule has 2 aliphatic heterocycles. The molecule has 0 fully saturated rings. The van der Waals surface area contributed by atoms with Crippen molar-refractivity contribution in [1.82, 2.24) is 0 Å². The van der Waals surface area contributed by atoms with Gasteiger partial charge in [-0.2, -0.15) is 0 Å². The van der Waals surface area contributed by atoms with E-state index in [0.717, 1.165) is 0 Å². The summed E-state index contributed by atoms with van der Waals surface area (Å²) in [5.74, 6) is -3.87. The largest absolute Gasteiger partial charge is 0.508 e. The van der Waals surface area contributed by atoms with Crippen molar-refractivity contribution in [3.8, 4) is 23.0 Å². The summed E-state index contributed by atoms with van der Waals surface area (Å²) < 4.78 is 11.6. The van der Waals surface area contributed by atoms with E-state index >= 15 is 0 Å². The van der Waals surface area contributed by atoms with Crippen molar-refractivity contribution in [2.24, 2.45) is 0 Å². The molecule has 13 heteroatoms. The van der Waals surface area contributed by atoms with Gasteiger partial charge in [0.2, 0.25) is 0 Å². The molecule has 1 unspecified atom stereocenters. The second-order valence-electron chi connectivity index (χ2n) is 7.22. The van der Waals surface area contributed by atoms with Crippen LogP contribution in [0.25, 0.3) is 0 Å². The minimum absolute atomic E-state index is 0.0631. The van der Waals surface area contributed by atoms with Crippen LogP contribution in [0.2, 0.25) is 30.1 Å². The molecule has 1 atom stereocenters. The summed E-state index contributed by atoms with van der Waals surface area (Å²) in [6, 6.07) is 3.80. The highest BCUT2D eigenvalue weighted by molar-refractivity contribution is 6.50. The van der Waals surface area contributed by atoms with Gasteiger partial charge in [0.25, 0.3) is 0 Å². The van der Waals surface area contributed by atoms with Gasteiger partial charge in [-0.15, -0.1) is 0 Å². The number of benzene rings is 3. The Morgan fingerprint density at radius 1 is 0.853 bits per heavy atom. The molecule has 3 aromatic carbocycles. The van der Waals surface area contributed by atoms with Crippen molar-refractivity contribution < 1.29 is 34.4 Å². The molecule has 0 aliphatic carbocycles. The molecule has 2 heterocycles. The van der Waals surface area contributed by atoms with Gasteiger partial charge in [-0.25, -0.2) is 9.59 Å². The molecule has 0 aromatic heterocycles. The highest BCUT2D eigenvalue weighted by atomic mass is 35.5. The monoisotopic (exact) mass is 580 g/mol. The molecule has 5 rings (SSSR count). The lowest BCUT2D eigenvalue weighted by atomic mass is 9.76. The second-order valence-corrected chi connectivity index (χ2v) is 9.49. The van der Waals surface area contributed by atoms with Gasteiger partial charge < -0.3 is 24.8 Å². The van der Waals surface area contributed by atoms with E-state index in [-0.39, 0.29) is 49.0 Å². The predicted octanol–water partition coefficient (Wildman–Crippen LogP) is 7.28. The van der Waals surface area contributed by atoms with Crippen molar-refractivity contribution in [2.45, 2.75) is 5.60 Å². The quantitative estimate of drug-likeness (QED) is 0.157. The van der Waals surface area contributed by atoms with Crippen LogP contribution >= 0.6 is 69.6 Å². The summed E-state index contributed by atoms with van der Waals surface area (Å²) in [5.41, 5.74) is -3.48. The van der Waals surface area contributed by atoms with Gasteiger partial charge in [0.15, 0.2) is 17.1 Å². The Morgan fingerprint density at radius 2 is 1.50 bits per heavy atom. The van der Waals surface area contributed by atoms with Gasteiger partial charge >= 0.3 is 11.9 Å². The molecule has 0 radical (unpaired) electrons. The van der Waals surface area contributed by atoms with Crippen LogP contribution in [-0.4, -0.2) is 27.3 Å². The molecule has 0 amide bonds. The summed E-state index contributed by atoms with van der Waals surface area (Å²) in [5, 5.41) is 27.9. The van der Waals surface area contributed by atoms with Crippen LogP contribution in [0, 0.1) is 0 Å². The Morgan fingerprint density at radius 3 is 2.15 bits per heavy atom. The number of aromatic hydroxyl groups is 2. The Balaban J connectivity index is 2.07. The molecular formula is C21H6Cl6O7. The third-order valence-electron chi connectivity index (χ3n) is 5.50. The molecule has 0 saturated heterocycles. The minimum atomic E-state index is -2.09. The topological polar surface area (TPSA) is 113 Å². The fourth-order valence-corrected chi connectivity index (χ4v) is 5.77. The number of carboxylic acid groups (broad SMARTS) is 1. The van der Waals surface area contributed by atoms with Crippen LogP contribution in [0.5, 0.6) is 23.0 Å². The van der Waals surface area contributed by atoms with E-state index in [1.54, 1.807) is 0 Å². The van der Waals surface area contributed by atoms with Gasteiger partial charge in [-0.05, 0) is 12.1 Å². The zero-order valence-corrected chi connectivity index (χ0v) is 20.5. The van der Waals surface area contributed by atoms with Gasteiger partial charge in [0.05, 0.1) is 36.8 Å². The number of aromatic carboxylic acids is 1.